The van der Waals surface area contributed by atoms with Crippen LogP contribution in [0.4, 0.5) is 19.0 Å². The van der Waals surface area contributed by atoms with E-state index in [4.69, 9.17) is 4.98 Å². The Labute approximate surface area is 238 Å². The fraction of sp³-hybridized carbons (Fsp3) is 0.414. The third-order valence-corrected chi connectivity index (χ3v) is 7.59. The number of ether oxygens (including phenoxy) is 1. The molecule has 40 heavy (non-hydrogen) atoms. The number of benzene rings is 2. The van der Waals surface area contributed by atoms with Gasteiger partial charge in [0.1, 0.15) is 11.6 Å². The Morgan fingerprint density at radius 3 is 2.50 bits per heavy atom. The van der Waals surface area contributed by atoms with Crippen LogP contribution in [0.5, 0.6) is 5.75 Å². The summed E-state index contributed by atoms with van der Waals surface area (Å²) in [6.45, 7) is 3.45. The number of alkyl halides is 3. The zero-order valence-corrected chi connectivity index (χ0v) is 23.6. The van der Waals surface area contributed by atoms with E-state index >= 15 is 0 Å². The molecule has 0 spiro atoms. The summed E-state index contributed by atoms with van der Waals surface area (Å²) < 4.78 is 44.2. The Balaban J connectivity index is 1.68. The topological polar surface area (TPSA) is 91.8 Å². The number of carbonyl (C=O) groups excluding carboxylic acids is 1. The number of hydrogen-bond donors (Lipinski definition) is 2. The smallest absolute Gasteiger partial charge is 0.481 e. The van der Waals surface area contributed by atoms with Gasteiger partial charge in [0.25, 0.3) is 5.91 Å². The van der Waals surface area contributed by atoms with Crippen LogP contribution >= 0.6 is 15.9 Å². The number of pyridine rings is 1. The lowest BCUT2D eigenvalue weighted by Crippen LogP contribution is -2.31. The summed E-state index contributed by atoms with van der Waals surface area (Å²) in [4.78, 5) is 32.2. The van der Waals surface area contributed by atoms with Crippen LogP contribution in [0, 0.1) is 6.92 Å². The van der Waals surface area contributed by atoms with Crippen molar-refractivity contribution in [1.29, 1.82) is 0 Å². The molecule has 0 aliphatic carbocycles. The quantitative estimate of drug-likeness (QED) is 0.268. The van der Waals surface area contributed by atoms with E-state index < -0.39 is 29.9 Å². The summed E-state index contributed by atoms with van der Waals surface area (Å²) in [6.07, 6.45) is -0.849. The van der Waals surface area contributed by atoms with E-state index in [0.717, 1.165) is 49.1 Å². The highest BCUT2D eigenvalue weighted by molar-refractivity contribution is 9.10. The van der Waals surface area contributed by atoms with Crippen LogP contribution in [0.1, 0.15) is 65.9 Å². The molecule has 2 aromatic carbocycles. The maximum atomic E-state index is 13.8. The second-order valence-electron chi connectivity index (χ2n) is 9.92. The first-order valence-corrected chi connectivity index (χ1v) is 14.0. The molecule has 7 nitrogen and oxygen atoms in total. The number of aliphatic carboxylic acids is 1. The fourth-order valence-corrected chi connectivity index (χ4v) is 5.57. The van der Waals surface area contributed by atoms with Crippen molar-refractivity contribution in [3.8, 4) is 5.75 Å². The summed E-state index contributed by atoms with van der Waals surface area (Å²) in [6, 6.07) is 11.1. The van der Waals surface area contributed by atoms with Gasteiger partial charge in [0.2, 0.25) is 0 Å². The highest BCUT2D eigenvalue weighted by Crippen LogP contribution is 2.35. The predicted octanol–water partition coefficient (Wildman–Crippen LogP) is 6.96. The van der Waals surface area contributed by atoms with Crippen molar-refractivity contribution in [1.82, 2.24) is 10.3 Å². The molecule has 1 aromatic heterocycles. The van der Waals surface area contributed by atoms with Gasteiger partial charge in [-0.15, -0.1) is 13.2 Å². The highest BCUT2D eigenvalue weighted by atomic mass is 79.9. The molecule has 11 heteroatoms. The van der Waals surface area contributed by atoms with Gasteiger partial charge in [-0.05, 0) is 56.0 Å². The number of fused-ring (bicyclic) bond motifs is 1. The molecule has 0 bridgehead atoms. The minimum absolute atomic E-state index is 0.00843. The fourth-order valence-electron chi connectivity index (χ4n) is 5.21. The molecule has 1 aliphatic rings. The van der Waals surface area contributed by atoms with E-state index in [-0.39, 0.29) is 24.9 Å². The third-order valence-electron chi connectivity index (χ3n) is 7.10. The largest absolute Gasteiger partial charge is 0.573 e. The Morgan fingerprint density at radius 2 is 1.82 bits per heavy atom. The van der Waals surface area contributed by atoms with Gasteiger partial charge in [-0.1, -0.05) is 47.0 Å². The standard InChI is InChI=1S/C29H31BrF3N3O4/c1-18-26(22-16-20(30)11-12-23(22)35-27(18)36-14-6-2-3-7-15-36)28(39)34-17-19(10-13-25(37)38)21-8-4-5-9-24(21)40-29(31,32)33/h4-5,8-9,11-12,16,19H,2-3,6-7,10,13-15,17H2,1H3,(H,34,39)(H,37,38). The number of hydrogen-bond acceptors (Lipinski definition) is 5. The van der Waals surface area contributed by atoms with E-state index in [9.17, 15) is 27.9 Å². The van der Waals surface area contributed by atoms with Gasteiger partial charge in [-0.25, -0.2) is 4.98 Å². The van der Waals surface area contributed by atoms with E-state index in [1.165, 1.54) is 18.2 Å². The molecule has 1 atom stereocenters. The zero-order chi connectivity index (χ0) is 28.9. The summed E-state index contributed by atoms with van der Waals surface area (Å²) in [5.41, 5.74) is 1.98. The number of nitrogens with one attached hydrogen (secondary N) is 1. The van der Waals surface area contributed by atoms with Gasteiger partial charge in [-0.3, -0.25) is 9.59 Å². The summed E-state index contributed by atoms with van der Waals surface area (Å²) in [5.74, 6) is -1.91. The Kier molecular flexibility index (Phi) is 9.55. The second-order valence-corrected chi connectivity index (χ2v) is 10.8. The lowest BCUT2D eigenvalue weighted by atomic mass is 9.93. The molecular weight excluding hydrogens is 591 g/mol. The van der Waals surface area contributed by atoms with Crippen LogP contribution in [-0.4, -0.2) is 48.0 Å². The minimum Gasteiger partial charge on any atom is -0.481 e. The van der Waals surface area contributed by atoms with Crippen molar-refractivity contribution in [3.05, 3.63) is 63.6 Å². The van der Waals surface area contributed by atoms with Crippen molar-refractivity contribution in [2.24, 2.45) is 0 Å². The number of aromatic nitrogens is 1. The molecule has 1 amide bonds. The average Bonchev–Trinajstić information content (AvgIpc) is 3.17. The number of carboxylic acid groups (broad SMARTS) is 1. The Hall–Kier alpha value is -3.34. The normalized spacial score (nSPS) is 15.0. The maximum absolute atomic E-state index is 13.8. The predicted molar refractivity (Wildman–Crippen MR) is 150 cm³/mol. The molecule has 4 rings (SSSR count). The van der Waals surface area contributed by atoms with E-state index in [1.54, 1.807) is 6.07 Å². The number of rotatable bonds is 9. The van der Waals surface area contributed by atoms with E-state index in [1.807, 2.05) is 25.1 Å². The van der Waals surface area contributed by atoms with Crippen LogP contribution in [0.2, 0.25) is 0 Å². The molecule has 1 unspecified atom stereocenters. The van der Waals surface area contributed by atoms with Crippen LogP contribution in [-0.2, 0) is 4.79 Å². The van der Waals surface area contributed by atoms with Crippen LogP contribution < -0.4 is 15.0 Å². The van der Waals surface area contributed by atoms with Gasteiger partial charge < -0.3 is 20.1 Å². The van der Waals surface area contributed by atoms with Crippen molar-refractivity contribution in [2.75, 3.05) is 24.5 Å². The molecule has 214 valence electrons. The molecule has 1 fully saturated rings. The van der Waals surface area contributed by atoms with Gasteiger partial charge in [0.15, 0.2) is 0 Å². The molecule has 0 saturated carbocycles. The molecule has 0 radical (unpaired) electrons. The number of halogens is 4. The maximum Gasteiger partial charge on any atom is 0.573 e. The summed E-state index contributed by atoms with van der Waals surface area (Å²) in [5, 5.41) is 12.8. The van der Waals surface area contributed by atoms with Crippen molar-refractivity contribution < 1.29 is 32.6 Å². The van der Waals surface area contributed by atoms with Crippen LogP contribution in [0.15, 0.2) is 46.9 Å². The molecule has 1 saturated heterocycles. The van der Waals surface area contributed by atoms with Crippen LogP contribution in [0.25, 0.3) is 10.9 Å². The minimum atomic E-state index is -4.92. The number of anilines is 1. The van der Waals surface area contributed by atoms with Crippen molar-refractivity contribution in [2.45, 2.75) is 57.7 Å². The molecule has 2 N–H and O–H groups in total. The number of para-hydroxylation sites is 1. The first-order valence-electron chi connectivity index (χ1n) is 13.2. The van der Waals surface area contributed by atoms with Gasteiger partial charge in [0, 0.05) is 47.4 Å². The van der Waals surface area contributed by atoms with Crippen molar-refractivity contribution in [3.63, 3.8) is 0 Å². The summed E-state index contributed by atoms with van der Waals surface area (Å²) in [7, 11) is 0. The van der Waals surface area contributed by atoms with Gasteiger partial charge in [0.05, 0.1) is 11.1 Å². The number of nitrogens with zero attached hydrogens (tertiary/aromatic N) is 2. The van der Waals surface area contributed by atoms with E-state index in [0.29, 0.717) is 22.0 Å². The number of carbonyl (C=O) groups is 2. The number of carboxylic acids is 1. The zero-order valence-electron chi connectivity index (χ0n) is 22.1. The number of amides is 1. The van der Waals surface area contributed by atoms with E-state index in [2.05, 4.69) is 30.9 Å². The first kappa shape index (κ1) is 29.6. The summed E-state index contributed by atoms with van der Waals surface area (Å²) >= 11 is 3.47. The second kappa shape index (κ2) is 12.9. The van der Waals surface area contributed by atoms with Crippen molar-refractivity contribution >= 4 is 44.5 Å². The third kappa shape index (κ3) is 7.44. The Morgan fingerprint density at radius 1 is 1.12 bits per heavy atom. The molecular formula is C29H31BrF3N3O4. The van der Waals surface area contributed by atoms with Gasteiger partial charge >= 0.3 is 12.3 Å². The lowest BCUT2D eigenvalue weighted by molar-refractivity contribution is -0.275. The molecule has 1 aliphatic heterocycles. The highest BCUT2D eigenvalue weighted by Gasteiger charge is 2.33. The van der Waals surface area contributed by atoms with Crippen LogP contribution in [0.3, 0.4) is 0 Å². The lowest BCUT2D eigenvalue weighted by Gasteiger charge is -2.26. The SMILES string of the molecule is Cc1c(N2CCCCCC2)nc2ccc(Br)cc2c1C(=O)NCC(CCC(=O)O)c1ccccc1OC(F)(F)F. The monoisotopic (exact) mass is 621 g/mol. The molecule has 3 aromatic rings. The van der Waals surface area contributed by atoms with Gasteiger partial charge in [-0.2, -0.15) is 0 Å². The average molecular weight is 622 g/mol. The first-order chi connectivity index (χ1) is 19.0. The molecule has 2 heterocycles. The Bertz CT molecular complexity index is 1370.